The Labute approximate surface area is 155 Å². The van der Waals surface area contributed by atoms with E-state index in [1.165, 1.54) is 22.9 Å². The first-order valence-corrected chi connectivity index (χ1v) is 8.12. The fourth-order valence-corrected chi connectivity index (χ4v) is 2.50. The maximum atomic E-state index is 11.1. The standard InChI is InChI=1S/C19H18N4O4/c1-10-4-6-14(8-11(10)2)23-18(25)17(12(3)22-23)21-20-15-9-13(19(26)27)5-7-16(15)24/h4-9,24-25H,1-3H3,(H,26,27)/b21-20+. The van der Waals surface area contributed by atoms with Gasteiger partial charge in [-0.05, 0) is 62.2 Å². The number of phenolic OH excluding ortho intramolecular Hbond substituents is 1. The van der Waals surface area contributed by atoms with Gasteiger partial charge in [0.2, 0.25) is 5.88 Å². The number of nitrogens with zero attached hydrogens (tertiary/aromatic N) is 4. The van der Waals surface area contributed by atoms with Gasteiger partial charge in [-0.1, -0.05) is 6.07 Å². The van der Waals surface area contributed by atoms with E-state index in [0.717, 1.165) is 11.1 Å². The Balaban J connectivity index is 2.00. The van der Waals surface area contributed by atoms with E-state index in [2.05, 4.69) is 15.3 Å². The van der Waals surface area contributed by atoms with Crippen molar-refractivity contribution in [3.63, 3.8) is 0 Å². The number of carbonyl (C=O) groups is 1. The number of carboxylic acids is 1. The van der Waals surface area contributed by atoms with Gasteiger partial charge in [0.05, 0.1) is 16.9 Å². The minimum Gasteiger partial charge on any atom is -0.506 e. The molecule has 0 amide bonds. The van der Waals surface area contributed by atoms with Gasteiger partial charge in [0.1, 0.15) is 11.4 Å². The quantitative estimate of drug-likeness (QED) is 0.594. The number of phenols is 1. The second kappa shape index (κ2) is 6.91. The summed E-state index contributed by atoms with van der Waals surface area (Å²) in [6, 6.07) is 9.33. The first-order valence-electron chi connectivity index (χ1n) is 8.12. The van der Waals surface area contributed by atoms with Crippen LogP contribution in [0.5, 0.6) is 11.6 Å². The summed E-state index contributed by atoms with van der Waals surface area (Å²) < 4.78 is 1.35. The lowest BCUT2D eigenvalue weighted by molar-refractivity contribution is 0.0697. The number of azo groups is 1. The van der Waals surface area contributed by atoms with E-state index in [4.69, 9.17) is 5.11 Å². The van der Waals surface area contributed by atoms with Gasteiger partial charge in [0.15, 0.2) is 5.69 Å². The SMILES string of the molecule is Cc1ccc(-n2nc(C)c(/N=N/c3cc(C(=O)O)ccc3O)c2O)cc1C. The summed E-state index contributed by atoms with van der Waals surface area (Å²) >= 11 is 0. The number of carboxylic acid groups (broad SMARTS) is 1. The van der Waals surface area contributed by atoms with Gasteiger partial charge >= 0.3 is 5.97 Å². The summed E-state index contributed by atoms with van der Waals surface area (Å²) in [6.45, 7) is 5.62. The van der Waals surface area contributed by atoms with E-state index in [1.807, 2.05) is 32.0 Å². The van der Waals surface area contributed by atoms with Crippen molar-refractivity contribution in [1.82, 2.24) is 9.78 Å². The molecule has 0 radical (unpaired) electrons. The van der Waals surface area contributed by atoms with E-state index < -0.39 is 5.97 Å². The molecule has 27 heavy (non-hydrogen) atoms. The molecular formula is C19H18N4O4. The summed E-state index contributed by atoms with van der Waals surface area (Å²) in [6.07, 6.45) is 0. The van der Waals surface area contributed by atoms with E-state index >= 15 is 0 Å². The number of hydrogen-bond donors (Lipinski definition) is 3. The van der Waals surface area contributed by atoms with E-state index in [1.54, 1.807) is 6.92 Å². The average Bonchev–Trinajstić information content (AvgIpc) is 2.90. The zero-order chi connectivity index (χ0) is 19.7. The molecule has 0 unspecified atom stereocenters. The molecule has 0 atom stereocenters. The number of aromatic hydroxyl groups is 2. The maximum absolute atomic E-state index is 11.1. The van der Waals surface area contributed by atoms with Crippen molar-refractivity contribution >= 4 is 17.3 Å². The highest BCUT2D eigenvalue weighted by Gasteiger charge is 2.16. The monoisotopic (exact) mass is 366 g/mol. The number of aryl methyl sites for hydroxylation is 3. The molecule has 3 aromatic rings. The summed E-state index contributed by atoms with van der Waals surface area (Å²) in [4.78, 5) is 11.1. The molecule has 3 N–H and O–H groups in total. The highest BCUT2D eigenvalue weighted by molar-refractivity contribution is 5.89. The van der Waals surface area contributed by atoms with Crippen LogP contribution in [0.25, 0.3) is 5.69 Å². The third kappa shape index (κ3) is 3.50. The Morgan fingerprint density at radius 3 is 2.41 bits per heavy atom. The van der Waals surface area contributed by atoms with Crippen LogP contribution in [0.15, 0.2) is 46.6 Å². The van der Waals surface area contributed by atoms with Crippen LogP contribution in [0, 0.1) is 20.8 Å². The molecule has 0 bridgehead atoms. The fraction of sp³-hybridized carbons (Fsp3) is 0.158. The molecule has 1 aromatic heterocycles. The Morgan fingerprint density at radius 2 is 1.74 bits per heavy atom. The van der Waals surface area contributed by atoms with E-state index in [-0.39, 0.29) is 28.6 Å². The highest BCUT2D eigenvalue weighted by Crippen LogP contribution is 2.35. The minimum absolute atomic E-state index is 0.0207. The lowest BCUT2D eigenvalue weighted by Crippen LogP contribution is -1.97. The highest BCUT2D eigenvalue weighted by atomic mass is 16.4. The second-order valence-corrected chi connectivity index (χ2v) is 6.15. The van der Waals surface area contributed by atoms with Crippen molar-refractivity contribution < 1.29 is 20.1 Å². The van der Waals surface area contributed by atoms with Crippen LogP contribution in [0.1, 0.15) is 27.2 Å². The number of benzene rings is 2. The van der Waals surface area contributed by atoms with Crippen LogP contribution < -0.4 is 0 Å². The average molecular weight is 366 g/mol. The molecule has 0 saturated carbocycles. The van der Waals surface area contributed by atoms with Gasteiger partial charge in [0.25, 0.3) is 0 Å². The topological polar surface area (TPSA) is 120 Å². The van der Waals surface area contributed by atoms with Gasteiger partial charge in [-0.25, -0.2) is 4.79 Å². The van der Waals surface area contributed by atoms with Crippen molar-refractivity contribution in [1.29, 1.82) is 0 Å². The van der Waals surface area contributed by atoms with E-state index in [9.17, 15) is 15.0 Å². The summed E-state index contributed by atoms with van der Waals surface area (Å²) in [5.41, 5.74) is 3.36. The molecule has 0 aliphatic heterocycles. The molecule has 3 rings (SSSR count). The van der Waals surface area contributed by atoms with Gasteiger partial charge in [-0.15, -0.1) is 10.2 Å². The molecule has 8 nitrogen and oxygen atoms in total. The van der Waals surface area contributed by atoms with Crippen molar-refractivity contribution in [3.05, 3.63) is 58.8 Å². The minimum atomic E-state index is -1.15. The van der Waals surface area contributed by atoms with E-state index in [0.29, 0.717) is 11.4 Å². The van der Waals surface area contributed by atoms with Crippen LogP contribution in [-0.4, -0.2) is 31.1 Å². The zero-order valence-corrected chi connectivity index (χ0v) is 15.0. The molecule has 1 heterocycles. The van der Waals surface area contributed by atoms with Crippen LogP contribution in [-0.2, 0) is 0 Å². The third-order valence-electron chi connectivity index (χ3n) is 4.22. The van der Waals surface area contributed by atoms with Crippen molar-refractivity contribution in [2.24, 2.45) is 10.2 Å². The first-order chi connectivity index (χ1) is 12.8. The zero-order valence-electron chi connectivity index (χ0n) is 15.0. The van der Waals surface area contributed by atoms with Gasteiger partial charge in [0, 0.05) is 0 Å². The van der Waals surface area contributed by atoms with Crippen LogP contribution in [0.4, 0.5) is 11.4 Å². The Morgan fingerprint density at radius 1 is 1.00 bits per heavy atom. The molecule has 0 aliphatic rings. The van der Waals surface area contributed by atoms with Crippen LogP contribution >= 0.6 is 0 Å². The van der Waals surface area contributed by atoms with Gasteiger partial charge < -0.3 is 15.3 Å². The molecule has 0 spiro atoms. The van der Waals surface area contributed by atoms with Gasteiger partial charge in [-0.3, -0.25) is 0 Å². The normalized spacial score (nSPS) is 11.2. The summed E-state index contributed by atoms with van der Waals surface area (Å²) in [5, 5.41) is 41.5. The predicted molar refractivity (Wildman–Crippen MR) is 98.7 cm³/mol. The van der Waals surface area contributed by atoms with Crippen molar-refractivity contribution in [3.8, 4) is 17.3 Å². The summed E-state index contributed by atoms with van der Waals surface area (Å²) in [7, 11) is 0. The Bertz CT molecular complexity index is 1070. The lowest BCUT2D eigenvalue weighted by atomic mass is 10.1. The molecule has 2 aromatic carbocycles. The molecule has 0 aliphatic carbocycles. The smallest absolute Gasteiger partial charge is 0.335 e. The third-order valence-corrected chi connectivity index (χ3v) is 4.22. The second-order valence-electron chi connectivity index (χ2n) is 6.15. The van der Waals surface area contributed by atoms with Crippen molar-refractivity contribution in [2.75, 3.05) is 0 Å². The van der Waals surface area contributed by atoms with Crippen LogP contribution in [0.3, 0.4) is 0 Å². The molecule has 0 saturated heterocycles. The van der Waals surface area contributed by atoms with Crippen molar-refractivity contribution in [2.45, 2.75) is 20.8 Å². The Hall–Kier alpha value is -3.68. The number of aromatic carboxylic acids is 1. The Kier molecular flexibility index (Phi) is 4.64. The van der Waals surface area contributed by atoms with Gasteiger partial charge in [-0.2, -0.15) is 9.78 Å². The first kappa shape index (κ1) is 18.1. The maximum Gasteiger partial charge on any atom is 0.335 e. The number of hydrogen-bond acceptors (Lipinski definition) is 6. The number of aromatic nitrogens is 2. The van der Waals surface area contributed by atoms with Crippen LogP contribution in [0.2, 0.25) is 0 Å². The largest absolute Gasteiger partial charge is 0.506 e. The molecular weight excluding hydrogens is 348 g/mol. The lowest BCUT2D eigenvalue weighted by Gasteiger charge is -2.06. The number of rotatable bonds is 4. The summed E-state index contributed by atoms with van der Waals surface area (Å²) in [5.74, 6) is -1.57. The fourth-order valence-electron chi connectivity index (χ4n) is 2.50. The molecule has 0 fully saturated rings. The molecule has 8 heteroatoms. The predicted octanol–water partition coefficient (Wildman–Crippen LogP) is 4.32. The molecule has 138 valence electrons.